The van der Waals surface area contributed by atoms with Crippen molar-refractivity contribution in [3.05, 3.63) is 77.1 Å². The zero-order valence-electron chi connectivity index (χ0n) is 17.1. The maximum absolute atomic E-state index is 13.6. The van der Waals surface area contributed by atoms with Crippen molar-refractivity contribution >= 4 is 5.91 Å². The number of likely N-dealkylation sites (N-methyl/N-ethyl adjacent to an activating group) is 1. The van der Waals surface area contributed by atoms with Gasteiger partial charge in [0.05, 0.1) is 6.04 Å². The van der Waals surface area contributed by atoms with Gasteiger partial charge >= 0.3 is 0 Å². The minimum atomic E-state index is -0.738. The number of nitrogens with one attached hydrogen (secondary N) is 1. The Labute approximate surface area is 173 Å². The number of benzene rings is 2. The first-order valence-electron chi connectivity index (χ1n) is 9.53. The van der Waals surface area contributed by atoms with Crippen molar-refractivity contribution in [1.29, 1.82) is 0 Å². The maximum atomic E-state index is 13.6. The molecule has 0 saturated heterocycles. The second kappa shape index (κ2) is 9.53. The third-order valence-corrected chi connectivity index (χ3v) is 4.92. The van der Waals surface area contributed by atoms with Gasteiger partial charge in [0.15, 0.2) is 0 Å². The molecule has 0 aliphatic carbocycles. The lowest BCUT2D eigenvalue weighted by Crippen LogP contribution is -2.39. The Morgan fingerprint density at radius 2 is 1.87 bits per heavy atom. The van der Waals surface area contributed by atoms with Gasteiger partial charge in [0.25, 0.3) is 0 Å². The van der Waals surface area contributed by atoms with E-state index in [2.05, 4.69) is 20.8 Å². The number of rotatable bonds is 8. The summed E-state index contributed by atoms with van der Waals surface area (Å²) in [6.45, 7) is 2.01. The highest BCUT2D eigenvalue weighted by atomic mass is 19.1. The smallest absolute Gasteiger partial charge is 0.245 e. The molecule has 2 unspecified atom stereocenters. The average molecular weight is 414 g/mol. The Bertz CT molecular complexity index is 989. The molecule has 0 saturated carbocycles. The standard InChI is InChI=1S/C21H24F2N6O/c1-14-25-26-27-29(14)19(12-15-5-4-6-18(23)11-15)21(30)24-13-20(28(2)3)16-7-9-17(22)10-8-16/h4-11,19-20H,12-13H2,1-3H3,(H,24,30). The Kier molecular flexibility index (Phi) is 6.83. The Balaban J connectivity index is 1.78. The summed E-state index contributed by atoms with van der Waals surface area (Å²) in [6, 6.07) is 11.4. The largest absolute Gasteiger partial charge is 0.352 e. The van der Waals surface area contributed by atoms with E-state index in [1.54, 1.807) is 31.2 Å². The highest BCUT2D eigenvalue weighted by molar-refractivity contribution is 5.80. The molecule has 0 aliphatic rings. The van der Waals surface area contributed by atoms with Crippen LogP contribution in [0.4, 0.5) is 8.78 Å². The van der Waals surface area contributed by atoms with Crippen molar-refractivity contribution in [2.45, 2.75) is 25.4 Å². The fourth-order valence-corrected chi connectivity index (χ4v) is 3.30. The third kappa shape index (κ3) is 5.24. The zero-order chi connectivity index (χ0) is 21.7. The Hall–Kier alpha value is -3.20. The maximum Gasteiger partial charge on any atom is 0.245 e. The summed E-state index contributed by atoms with van der Waals surface area (Å²) in [5.41, 5.74) is 1.54. The predicted octanol–water partition coefficient (Wildman–Crippen LogP) is 2.46. The molecule has 3 rings (SSSR count). The number of hydrogen-bond acceptors (Lipinski definition) is 5. The van der Waals surface area contributed by atoms with Crippen LogP contribution in [-0.2, 0) is 11.2 Å². The molecule has 1 amide bonds. The van der Waals surface area contributed by atoms with E-state index in [4.69, 9.17) is 0 Å². The van der Waals surface area contributed by atoms with Crippen molar-refractivity contribution in [3.8, 4) is 0 Å². The van der Waals surface area contributed by atoms with Crippen LogP contribution in [0.1, 0.15) is 29.0 Å². The minimum absolute atomic E-state index is 0.153. The van der Waals surface area contributed by atoms with Crippen LogP contribution in [0.15, 0.2) is 48.5 Å². The number of hydrogen-bond donors (Lipinski definition) is 1. The topological polar surface area (TPSA) is 75.9 Å². The lowest BCUT2D eigenvalue weighted by atomic mass is 10.0. The summed E-state index contributed by atoms with van der Waals surface area (Å²) in [7, 11) is 3.77. The molecule has 158 valence electrons. The van der Waals surface area contributed by atoms with Crippen LogP contribution in [0.2, 0.25) is 0 Å². The van der Waals surface area contributed by atoms with Gasteiger partial charge < -0.3 is 10.2 Å². The molecule has 0 aliphatic heterocycles. The van der Waals surface area contributed by atoms with E-state index in [9.17, 15) is 13.6 Å². The molecule has 0 fully saturated rings. The number of amides is 1. The molecule has 0 spiro atoms. The average Bonchev–Trinajstić information content (AvgIpc) is 3.13. The number of halogens is 2. The summed E-state index contributed by atoms with van der Waals surface area (Å²) in [5, 5.41) is 14.4. The second-order valence-electron chi connectivity index (χ2n) is 7.30. The summed E-state index contributed by atoms with van der Waals surface area (Å²) < 4.78 is 28.3. The first-order valence-corrected chi connectivity index (χ1v) is 9.53. The molecule has 7 nitrogen and oxygen atoms in total. The van der Waals surface area contributed by atoms with E-state index in [1.807, 2.05) is 19.0 Å². The van der Waals surface area contributed by atoms with E-state index in [0.29, 0.717) is 17.9 Å². The Morgan fingerprint density at radius 3 is 2.47 bits per heavy atom. The third-order valence-electron chi connectivity index (χ3n) is 4.92. The van der Waals surface area contributed by atoms with Crippen LogP contribution in [0, 0.1) is 18.6 Å². The molecule has 0 radical (unpaired) electrons. The predicted molar refractivity (Wildman–Crippen MR) is 108 cm³/mol. The van der Waals surface area contributed by atoms with Crippen molar-refractivity contribution < 1.29 is 13.6 Å². The summed E-state index contributed by atoms with van der Waals surface area (Å²) in [5.74, 6) is -0.494. The summed E-state index contributed by atoms with van der Waals surface area (Å²) >= 11 is 0. The molecule has 1 aromatic heterocycles. The number of carbonyl (C=O) groups is 1. The van der Waals surface area contributed by atoms with Gasteiger partial charge in [0, 0.05) is 13.0 Å². The van der Waals surface area contributed by atoms with Gasteiger partial charge in [-0.3, -0.25) is 4.79 Å². The van der Waals surface area contributed by atoms with Crippen molar-refractivity contribution in [2.24, 2.45) is 0 Å². The molecule has 9 heteroatoms. The quantitative estimate of drug-likeness (QED) is 0.613. The second-order valence-corrected chi connectivity index (χ2v) is 7.30. The number of aryl methyl sites for hydroxylation is 1. The van der Waals surface area contributed by atoms with Gasteiger partial charge in [0.2, 0.25) is 5.91 Å². The van der Waals surface area contributed by atoms with Crippen LogP contribution in [0.3, 0.4) is 0 Å². The monoisotopic (exact) mass is 414 g/mol. The molecule has 2 atom stereocenters. The molecular weight excluding hydrogens is 390 g/mol. The summed E-state index contributed by atoms with van der Waals surface area (Å²) in [4.78, 5) is 15.0. The lowest BCUT2D eigenvalue weighted by Gasteiger charge is -2.26. The van der Waals surface area contributed by atoms with Crippen LogP contribution >= 0.6 is 0 Å². The molecule has 30 heavy (non-hydrogen) atoms. The van der Waals surface area contributed by atoms with Crippen LogP contribution < -0.4 is 5.32 Å². The molecule has 2 aromatic carbocycles. The van der Waals surface area contributed by atoms with Crippen LogP contribution in [0.25, 0.3) is 0 Å². The summed E-state index contributed by atoms with van der Waals surface area (Å²) in [6.07, 6.45) is 0.235. The first-order chi connectivity index (χ1) is 14.3. The SMILES string of the molecule is Cc1nnnn1C(Cc1cccc(F)c1)C(=O)NCC(c1ccc(F)cc1)N(C)C. The van der Waals surface area contributed by atoms with E-state index in [0.717, 1.165) is 5.56 Å². The fraction of sp³-hybridized carbons (Fsp3) is 0.333. The van der Waals surface area contributed by atoms with Gasteiger partial charge in [-0.1, -0.05) is 24.3 Å². The highest BCUT2D eigenvalue weighted by Gasteiger charge is 2.25. The van der Waals surface area contributed by atoms with Gasteiger partial charge in [-0.15, -0.1) is 5.10 Å². The molecule has 3 aromatic rings. The normalized spacial score (nSPS) is 13.3. The lowest BCUT2D eigenvalue weighted by molar-refractivity contribution is -0.124. The van der Waals surface area contributed by atoms with E-state index >= 15 is 0 Å². The van der Waals surface area contributed by atoms with Gasteiger partial charge in [-0.25, -0.2) is 13.5 Å². The number of aromatic nitrogens is 4. The highest BCUT2D eigenvalue weighted by Crippen LogP contribution is 2.20. The van der Waals surface area contributed by atoms with Crippen molar-refractivity contribution in [1.82, 2.24) is 30.4 Å². The van der Waals surface area contributed by atoms with Gasteiger partial charge in [-0.2, -0.15) is 0 Å². The first kappa shape index (κ1) is 21.5. The fourth-order valence-electron chi connectivity index (χ4n) is 3.30. The molecule has 0 bridgehead atoms. The molecule has 1 heterocycles. The van der Waals surface area contributed by atoms with E-state index in [-0.39, 0.29) is 30.0 Å². The zero-order valence-corrected chi connectivity index (χ0v) is 17.1. The molecular formula is C21H24F2N6O. The minimum Gasteiger partial charge on any atom is -0.352 e. The van der Waals surface area contributed by atoms with Crippen LogP contribution in [0.5, 0.6) is 0 Å². The van der Waals surface area contributed by atoms with Crippen molar-refractivity contribution in [2.75, 3.05) is 20.6 Å². The number of nitrogens with zero attached hydrogens (tertiary/aromatic N) is 5. The number of tetrazole rings is 1. The Morgan fingerprint density at radius 1 is 1.13 bits per heavy atom. The van der Waals surface area contributed by atoms with E-state index in [1.165, 1.54) is 28.9 Å². The van der Waals surface area contributed by atoms with E-state index < -0.39 is 6.04 Å². The molecule has 1 N–H and O–H groups in total. The van der Waals surface area contributed by atoms with Gasteiger partial charge in [-0.05, 0) is 66.8 Å². The number of carbonyl (C=O) groups excluding carboxylic acids is 1. The van der Waals surface area contributed by atoms with Gasteiger partial charge in [0.1, 0.15) is 23.5 Å². The van der Waals surface area contributed by atoms with Crippen molar-refractivity contribution in [3.63, 3.8) is 0 Å². The van der Waals surface area contributed by atoms with Crippen LogP contribution in [-0.4, -0.2) is 51.7 Å².